The van der Waals surface area contributed by atoms with Gasteiger partial charge in [-0.25, -0.2) is 8.78 Å². The third kappa shape index (κ3) is 4.84. The van der Waals surface area contributed by atoms with E-state index in [1.165, 1.54) is 4.90 Å². The van der Waals surface area contributed by atoms with E-state index in [-0.39, 0.29) is 6.54 Å². The Kier molecular flexibility index (Phi) is 6.23. The van der Waals surface area contributed by atoms with Crippen LogP contribution in [0.3, 0.4) is 0 Å². The quantitative estimate of drug-likeness (QED) is 0.772. The minimum absolute atomic E-state index is 0.373. The number of benzene rings is 1. The zero-order valence-electron chi connectivity index (χ0n) is 11.3. The maximum Gasteiger partial charge on any atom is 0.255 e. The highest BCUT2D eigenvalue weighted by Gasteiger charge is 2.12. The molecule has 0 aliphatic heterocycles. The third-order valence-electron chi connectivity index (χ3n) is 2.76. The monoisotopic (exact) mass is 267 g/mol. The standard InChI is InChI=1S/C14H19F2N3/c1-3-6-18-9-11-4-5-13(12(7-11)8-17)19(2)10-14(15)16/h4-5,7,14,18H,3,6,9-10H2,1-2H3. The van der Waals surface area contributed by atoms with Gasteiger partial charge in [0.05, 0.1) is 17.8 Å². The summed E-state index contributed by atoms with van der Waals surface area (Å²) >= 11 is 0. The molecule has 1 N–H and O–H groups in total. The maximum absolute atomic E-state index is 12.4. The van der Waals surface area contributed by atoms with Crippen molar-refractivity contribution in [2.75, 3.05) is 25.0 Å². The first-order chi connectivity index (χ1) is 9.08. The maximum atomic E-state index is 12.4. The number of anilines is 1. The molecule has 0 bridgehead atoms. The molecule has 0 unspecified atom stereocenters. The second kappa shape index (κ2) is 7.70. The number of halogens is 2. The highest BCUT2D eigenvalue weighted by molar-refractivity contribution is 5.60. The zero-order chi connectivity index (χ0) is 14.3. The summed E-state index contributed by atoms with van der Waals surface area (Å²) in [6.45, 7) is 3.30. The first-order valence-corrected chi connectivity index (χ1v) is 6.31. The lowest BCUT2D eigenvalue weighted by Gasteiger charge is -2.20. The van der Waals surface area contributed by atoms with E-state index in [1.807, 2.05) is 6.07 Å². The van der Waals surface area contributed by atoms with Crippen LogP contribution in [0.1, 0.15) is 24.5 Å². The van der Waals surface area contributed by atoms with Gasteiger partial charge >= 0.3 is 0 Å². The van der Waals surface area contributed by atoms with Crippen LogP contribution in [-0.2, 0) is 6.54 Å². The molecule has 0 radical (unpaired) electrons. The Morgan fingerprint density at radius 3 is 2.74 bits per heavy atom. The third-order valence-corrected chi connectivity index (χ3v) is 2.76. The van der Waals surface area contributed by atoms with Crippen molar-refractivity contribution in [2.45, 2.75) is 26.3 Å². The number of nitriles is 1. The van der Waals surface area contributed by atoms with Crippen molar-refractivity contribution < 1.29 is 8.78 Å². The summed E-state index contributed by atoms with van der Waals surface area (Å²) in [6, 6.07) is 7.40. The van der Waals surface area contributed by atoms with E-state index in [0.717, 1.165) is 18.5 Å². The molecule has 3 nitrogen and oxygen atoms in total. The van der Waals surface area contributed by atoms with Crippen LogP contribution in [0.5, 0.6) is 0 Å². The van der Waals surface area contributed by atoms with Gasteiger partial charge in [-0.3, -0.25) is 0 Å². The van der Waals surface area contributed by atoms with Gasteiger partial charge in [-0.05, 0) is 30.7 Å². The topological polar surface area (TPSA) is 39.1 Å². The lowest BCUT2D eigenvalue weighted by Crippen LogP contribution is -2.25. The van der Waals surface area contributed by atoms with Gasteiger partial charge in [0.25, 0.3) is 6.43 Å². The molecule has 0 atom stereocenters. The smallest absolute Gasteiger partial charge is 0.255 e. The Balaban J connectivity index is 2.81. The number of alkyl halides is 2. The van der Waals surface area contributed by atoms with Crippen molar-refractivity contribution in [3.8, 4) is 6.07 Å². The summed E-state index contributed by atoms with van der Waals surface area (Å²) in [4.78, 5) is 1.41. The summed E-state index contributed by atoms with van der Waals surface area (Å²) in [7, 11) is 1.57. The number of nitrogens with one attached hydrogen (secondary N) is 1. The van der Waals surface area contributed by atoms with Crippen LogP contribution >= 0.6 is 0 Å². The molecule has 104 valence electrons. The Morgan fingerprint density at radius 1 is 1.42 bits per heavy atom. The molecule has 19 heavy (non-hydrogen) atoms. The molecule has 0 amide bonds. The lowest BCUT2D eigenvalue weighted by atomic mass is 10.1. The van der Waals surface area contributed by atoms with Gasteiger partial charge in [0.2, 0.25) is 0 Å². The Labute approximate surface area is 112 Å². The van der Waals surface area contributed by atoms with Crippen LogP contribution in [0.15, 0.2) is 18.2 Å². The average Bonchev–Trinajstić information content (AvgIpc) is 2.38. The summed E-state index contributed by atoms with van der Waals surface area (Å²) < 4.78 is 24.7. The van der Waals surface area contributed by atoms with Crippen molar-refractivity contribution >= 4 is 5.69 Å². The van der Waals surface area contributed by atoms with E-state index < -0.39 is 6.43 Å². The molecule has 0 aliphatic rings. The molecular formula is C14H19F2N3. The molecule has 0 saturated carbocycles. The van der Waals surface area contributed by atoms with Crippen molar-refractivity contribution in [1.82, 2.24) is 5.32 Å². The van der Waals surface area contributed by atoms with Gasteiger partial charge in [0.1, 0.15) is 6.07 Å². The second-order valence-electron chi connectivity index (χ2n) is 4.41. The van der Waals surface area contributed by atoms with E-state index in [1.54, 1.807) is 19.2 Å². The van der Waals surface area contributed by atoms with Gasteiger partial charge in [0.15, 0.2) is 0 Å². The number of hydrogen-bond donors (Lipinski definition) is 1. The van der Waals surface area contributed by atoms with Gasteiger partial charge in [-0.2, -0.15) is 5.26 Å². The van der Waals surface area contributed by atoms with Crippen LogP contribution in [0.2, 0.25) is 0 Å². The Bertz CT molecular complexity index is 441. The molecule has 1 aromatic carbocycles. The van der Waals surface area contributed by atoms with E-state index in [2.05, 4.69) is 18.3 Å². The van der Waals surface area contributed by atoms with E-state index >= 15 is 0 Å². The number of rotatable bonds is 7. The van der Waals surface area contributed by atoms with Crippen molar-refractivity contribution in [1.29, 1.82) is 5.26 Å². The molecular weight excluding hydrogens is 248 g/mol. The summed E-state index contributed by atoms with van der Waals surface area (Å²) in [5, 5.41) is 12.4. The SMILES string of the molecule is CCCNCc1ccc(N(C)CC(F)F)c(C#N)c1. The van der Waals surface area contributed by atoms with Crippen LogP contribution in [0.4, 0.5) is 14.5 Å². The van der Waals surface area contributed by atoms with E-state index in [9.17, 15) is 8.78 Å². The summed E-state index contributed by atoms with van der Waals surface area (Å²) in [6.07, 6.45) is -1.37. The molecule has 0 saturated heterocycles. The minimum atomic E-state index is -2.41. The fourth-order valence-electron chi connectivity index (χ4n) is 1.83. The normalized spacial score (nSPS) is 10.5. The molecule has 1 aromatic rings. The molecule has 0 fully saturated rings. The second-order valence-corrected chi connectivity index (χ2v) is 4.41. The van der Waals surface area contributed by atoms with Crippen LogP contribution in [0.25, 0.3) is 0 Å². The first kappa shape index (κ1) is 15.4. The Morgan fingerprint density at radius 2 is 2.16 bits per heavy atom. The van der Waals surface area contributed by atoms with Crippen molar-refractivity contribution in [2.24, 2.45) is 0 Å². The summed E-state index contributed by atoms with van der Waals surface area (Å²) in [5.74, 6) is 0. The van der Waals surface area contributed by atoms with Gasteiger partial charge in [0, 0.05) is 13.6 Å². The van der Waals surface area contributed by atoms with Crippen molar-refractivity contribution in [3.63, 3.8) is 0 Å². The van der Waals surface area contributed by atoms with Crippen molar-refractivity contribution in [3.05, 3.63) is 29.3 Å². The fourth-order valence-corrected chi connectivity index (χ4v) is 1.83. The highest BCUT2D eigenvalue weighted by atomic mass is 19.3. The van der Waals surface area contributed by atoms with Gasteiger partial charge < -0.3 is 10.2 Å². The first-order valence-electron chi connectivity index (χ1n) is 6.31. The molecule has 0 heterocycles. The highest BCUT2D eigenvalue weighted by Crippen LogP contribution is 2.21. The minimum Gasteiger partial charge on any atom is -0.368 e. The fraction of sp³-hybridized carbons (Fsp3) is 0.500. The zero-order valence-corrected chi connectivity index (χ0v) is 11.3. The van der Waals surface area contributed by atoms with Gasteiger partial charge in [-0.1, -0.05) is 13.0 Å². The molecule has 0 spiro atoms. The molecule has 1 rings (SSSR count). The molecule has 0 aliphatic carbocycles. The molecule has 0 aromatic heterocycles. The lowest BCUT2D eigenvalue weighted by molar-refractivity contribution is 0.156. The van der Waals surface area contributed by atoms with Crippen LogP contribution < -0.4 is 10.2 Å². The number of hydrogen-bond acceptors (Lipinski definition) is 3. The van der Waals surface area contributed by atoms with Crippen LogP contribution in [0, 0.1) is 11.3 Å². The average molecular weight is 267 g/mol. The van der Waals surface area contributed by atoms with Gasteiger partial charge in [-0.15, -0.1) is 0 Å². The Hall–Kier alpha value is -1.67. The summed E-state index contributed by atoms with van der Waals surface area (Å²) in [5.41, 5.74) is 1.96. The molecule has 5 heteroatoms. The largest absolute Gasteiger partial charge is 0.368 e. The predicted molar refractivity (Wildman–Crippen MR) is 72.4 cm³/mol. The van der Waals surface area contributed by atoms with E-state index in [0.29, 0.717) is 17.8 Å². The predicted octanol–water partition coefficient (Wildman–Crippen LogP) is 2.76. The number of nitrogens with zero attached hydrogens (tertiary/aromatic N) is 2. The van der Waals surface area contributed by atoms with E-state index in [4.69, 9.17) is 5.26 Å². The van der Waals surface area contributed by atoms with Crippen LogP contribution in [-0.4, -0.2) is 26.6 Å².